The standard InChI is InChI=1S/C10H14N2O5/c1-5-7(6(2)17-12-5)3-9(14)11-8(4-13)10(15)16/h8,13H,3-4H2,1-2H3,(H,11,14)(H,15,16)/t8-/m0/s1. The number of rotatable bonds is 5. The molecule has 0 aliphatic carbocycles. The summed E-state index contributed by atoms with van der Waals surface area (Å²) < 4.78 is 4.88. The molecule has 1 aromatic heterocycles. The minimum atomic E-state index is -1.29. The lowest BCUT2D eigenvalue weighted by Gasteiger charge is -2.11. The second kappa shape index (κ2) is 5.44. The van der Waals surface area contributed by atoms with Gasteiger partial charge in [0.25, 0.3) is 0 Å². The molecule has 7 nitrogen and oxygen atoms in total. The Morgan fingerprint density at radius 1 is 1.47 bits per heavy atom. The van der Waals surface area contributed by atoms with Crippen LogP contribution in [0.5, 0.6) is 0 Å². The van der Waals surface area contributed by atoms with E-state index in [-0.39, 0.29) is 6.42 Å². The van der Waals surface area contributed by atoms with Crippen molar-refractivity contribution in [2.75, 3.05) is 6.61 Å². The molecule has 0 aliphatic rings. The van der Waals surface area contributed by atoms with E-state index >= 15 is 0 Å². The number of aromatic nitrogens is 1. The van der Waals surface area contributed by atoms with Crippen LogP contribution >= 0.6 is 0 Å². The molecule has 1 atom stereocenters. The van der Waals surface area contributed by atoms with Crippen LogP contribution in [-0.4, -0.2) is 39.9 Å². The van der Waals surface area contributed by atoms with Crippen molar-refractivity contribution in [2.45, 2.75) is 26.3 Å². The van der Waals surface area contributed by atoms with E-state index in [0.717, 1.165) is 0 Å². The van der Waals surface area contributed by atoms with Crippen molar-refractivity contribution in [3.8, 4) is 0 Å². The van der Waals surface area contributed by atoms with Gasteiger partial charge in [-0.05, 0) is 13.8 Å². The number of carboxylic acid groups (broad SMARTS) is 1. The molecule has 0 saturated heterocycles. The van der Waals surface area contributed by atoms with Crippen LogP contribution in [0.4, 0.5) is 0 Å². The van der Waals surface area contributed by atoms with Crippen LogP contribution in [0.25, 0.3) is 0 Å². The van der Waals surface area contributed by atoms with Crippen molar-refractivity contribution >= 4 is 11.9 Å². The Kier molecular flexibility index (Phi) is 4.22. The number of carbonyl (C=O) groups is 2. The van der Waals surface area contributed by atoms with E-state index in [4.69, 9.17) is 14.7 Å². The van der Waals surface area contributed by atoms with Crippen LogP contribution in [-0.2, 0) is 16.0 Å². The molecular weight excluding hydrogens is 228 g/mol. The van der Waals surface area contributed by atoms with Crippen LogP contribution in [0.3, 0.4) is 0 Å². The normalized spacial score (nSPS) is 12.2. The summed E-state index contributed by atoms with van der Waals surface area (Å²) in [6.07, 6.45) is -0.0229. The third-order valence-corrected chi connectivity index (χ3v) is 2.33. The first-order valence-electron chi connectivity index (χ1n) is 5.00. The summed E-state index contributed by atoms with van der Waals surface area (Å²) in [6, 6.07) is -1.29. The highest BCUT2D eigenvalue weighted by Gasteiger charge is 2.20. The lowest BCUT2D eigenvalue weighted by Crippen LogP contribution is -2.44. The average molecular weight is 242 g/mol. The van der Waals surface area contributed by atoms with Crippen molar-refractivity contribution < 1.29 is 24.3 Å². The Hall–Kier alpha value is -1.89. The topological polar surface area (TPSA) is 113 Å². The number of carboxylic acids is 1. The average Bonchev–Trinajstić information content (AvgIpc) is 2.57. The third-order valence-electron chi connectivity index (χ3n) is 2.33. The lowest BCUT2D eigenvalue weighted by atomic mass is 10.1. The fraction of sp³-hybridized carbons (Fsp3) is 0.500. The van der Waals surface area contributed by atoms with Gasteiger partial charge < -0.3 is 20.1 Å². The van der Waals surface area contributed by atoms with Gasteiger partial charge in [0.2, 0.25) is 5.91 Å². The molecule has 0 fully saturated rings. The zero-order valence-corrected chi connectivity index (χ0v) is 9.56. The van der Waals surface area contributed by atoms with Gasteiger partial charge in [0.1, 0.15) is 11.8 Å². The summed E-state index contributed by atoms with van der Waals surface area (Å²) >= 11 is 0. The molecule has 0 aliphatic heterocycles. The molecule has 3 N–H and O–H groups in total. The number of aliphatic hydroxyl groups is 1. The highest BCUT2D eigenvalue weighted by atomic mass is 16.5. The van der Waals surface area contributed by atoms with E-state index in [1.54, 1.807) is 13.8 Å². The van der Waals surface area contributed by atoms with Gasteiger partial charge >= 0.3 is 5.97 Å². The number of aryl methyl sites for hydroxylation is 2. The molecule has 94 valence electrons. The molecule has 1 heterocycles. The van der Waals surface area contributed by atoms with Crippen molar-refractivity contribution in [3.05, 3.63) is 17.0 Å². The molecule has 1 aromatic rings. The van der Waals surface area contributed by atoms with Crippen LogP contribution in [0.15, 0.2) is 4.52 Å². The predicted molar refractivity (Wildman–Crippen MR) is 56.3 cm³/mol. The summed E-state index contributed by atoms with van der Waals surface area (Å²) in [4.78, 5) is 22.1. The number of aliphatic carboxylic acids is 1. The Morgan fingerprint density at radius 2 is 2.12 bits per heavy atom. The SMILES string of the molecule is Cc1noc(C)c1CC(=O)N[C@@H](CO)C(=O)O. The summed E-state index contributed by atoms with van der Waals surface area (Å²) in [5, 5.41) is 23.3. The second-order valence-corrected chi connectivity index (χ2v) is 3.62. The lowest BCUT2D eigenvalue weighted by molar-refractivity contribution is -0.142. The number of nitrogens with zero attached hydrogens (tertiary/aromatic N) is 1. The zero-order valence-electron chi connectivity index (χ0n) is 9.56. The molecule has 0 radical (unpaired) electrons. The molecular formula is C10H14N2O5. The number of amides is 1. The molecule has 1 amide bonds. The van der Waals surface area contributed by atoms with Crippen LogP contribution in [0.1, 0.15) is 17.0 Å². The van der Waals surface area contributed by atoms with E-state index < -0.39 is 24.5 Å². The zero-order chi connectivity index (χ0) is 13.0. The first-order chi connectivity index (χ1) is 7.95. The van der Waals surface area contributed by atoms with Gasteiger partial charge in [-0.2, -0.15) is 0 Å². The Balaban J connectivity index is 2.64. The highest BCUT2D eigenvalue weighted by molar-refractivity contribution is 5.85. The number of hydrogen-bond donors (Lipinski definition) is 3. The van der Waals surface area contributed by atoms with Crippen molar-refractivity contribution in [3.63, 3.8) is 0 Å². The summed E-state index contributed by atoms with van der Waals surface area (Å²) in [5.41, 5.74) is 1.22. The minimum Gasteiger partial charge on any atom is -0.480 e. The second-order valence-electron chi connectivity index (χ2n) is 3.62. The maximum atomic E-state index is 11.5. The number of nitrogens with one attached hydrogen (secondary N) is 1. The Morgan fingerprint density at radius 3 is 2.53 bits per heavy atom. The van der Waals surface area contributed by atoms with E-state index in [0.29, 0.717) is 17.0 Å². The minimum absolute atomic E-state index is 0.0229. The van der Waals surface area contributed by atoms with Gasteiger partial charge in [0, 0.05) is 5.56 Å². The maximum Gasteiger partial charge on any atom is 0.328 e. The van der Waals surface area contributed by atoms with Crippen LogP contribution in [0, 0.1) is 13.8 Å². The van der Waals surface area contributed by atoms with E-state index in [1.807, 2.05) is 0 Å². The number of aliphatic hydroxyl groups excluding tert-OH is 1. The molecule has 0 unspecified atom stereocenters. The molecule has 0 bridgehead atoms. The monoisotopic (exact) mass is 242 g/mol. The molecule has 0 spiro atoms. The Bertz CT molecular complexity index is 407. The molecule has 1 rings (SSSR count). The summed E-state index contributed by atoms with van der Waals surface area (Å²) in [5.74, 6) is -1.26. The molecule has 0 aromatic carbocycles. The first kappa shape index (κ1) is 13.2. The van der Waals surface area contributed by atoms with Gasteiger partial charge in [-0.25, -0.2) is 4.79 Å². The van der Waals surface area contributed by atoms with E-state index in [9.17, 15) is 9.59 Å². The predicted octanol–water partition coefficient (Wildman–Crippen LogP) is -0.604. The molecule has 7 heteroatoms. The van der Waals surface area contributed by atoms with Gasteiger partial charge in [-0.3, -0.25) is 4.79 Å². The van der Waals surface area contributed by atoms with Crippen molar-refractivity contribution in [1.82, 2.24) is 10.5 Å². The van der Waals surface area contributed by atoms with Gasteiger partial charge in [0.05, 0.1) is 18.7 Å². The molecule has 0 saturated carbocycles. The third kappa shape index (κ3) is 3.28. The van der Waals surface area contributed by atoms with Gasteiger partial charge in [-0.1, -0.05) is 5.16 Å². The number of carbonyl (C=O) groups excluding carboxylic acids is 1. The summed E-state index contributed by atoms with van der Waals surface area (Å²) in [6.45, 7) is 2.71. The fourth-order valence-electron chi connectivity index (χ4n) is 1.35. The Labute approximate surface area is 97.4 Å². The maximum absolute atomic E-state index is 11.5. The largest absolute Gasteiger partial charge is 0.480 e. The van der Waals surface area contributed by atoms with Gasteiger partial charge in [-0.15, -0.1) is 0 Å². The fourth-order valence-corrected chi connectivity index (χ4v) is 1.35. The van der Waals surface area contributed by atoms with E-state index in [2.05, 4.69) is 10.5 Å². The van der Waals surface area contributed by atoms with Crippen LogP contribution in [0.2, 0.25) is 0 Å². The smallest absolute Gasteiger partial charge is 0.328 e. The summed E-state index contributed by atoms with van der Waals surface area (Å²) in [7, 11) is 0. The quantitative estimate of drug-likeness (QED) is 0.635. The first-order valence-corrected chi connectivity index (χ1v) is 5.00. The highest BCUT2D eigenvalue weighted by Crippen LogP contribution is 2.12. The van der Waals surface area contributed by atoms with E-state index in [1.165, 1.54) is 0 Å². The van der Waals surface area contributed by atoms with Crippen molar-refractivity contribution in [2.24, 2.45) is 0 Å². The van der Waals surface area contributed by atoms with Gasteiger partial charge in [0.15, 0.2) is 0 Å². The van der Waals surface area contributed by atoms with Crippen LogP contribution < -0.4 is 5.32 Å². The van der Waals surface area contributed by atoms with Crippen molar-refractivity contribution in [1.29, 1.82) is 0 Å². The number of hydrogen-bond acceptors (Lipinski definition) is 5. The molecule has 17 heavy (non-hydrogen) atoms.